The van der Waals surface area contributed by atoms with E-state index in [0.717, 1.165) is 12.8 Å². The van der Waals surface area contributed by atoms with Gasteiger partial charge in [0.25, 0.3) is 0 Å². The minimum atomic E-state index is -2.45. The van der Waals surface area contributed by atoms with Gasteiger partial charge in [0.15, 0.2) is 0 Å². The molecular weight excluding hydrogens is 136 g/mol. The lowest BCUT2D eigenvalue weighted by Gasteiger charge is -2.00. The van der Waals surface area contributed by atoms with E-state index in [1.165, 1.54) is 6.26 Å². The van der Waals surface area contributed by atoms with Crippen molar-refractivity contribution in [1.82, 2.24) is 4.72 Å². The van der Waals surface area contributed by atoms with Crippen LogP contribution in [-0.4, -0.2) is 17.0 Å². The summed E-state index contributed by atoms with van der Waals surface area (Å²) < 4.78 is 20.2. The van der Waals surface area contributed by atoms with Crippen molar-refractivity contribution in [2.24, 2.45) is 0 Å². The smallest absolute Gasteiger partial charge is 0.102 e. The molecule has 0 fully saturated rings. The molecule has 0 heterocycles. The molecule has 4 heteroatoms. The molecule has 0 saturated heterocycles. The van der Waals surface area contributed by atoms with Crippen molar-refractivity contribution in [3.63, 3.8) is 0 Å². The Bertz CT molecular complexity index is 150. The van der Waals surface area contributed by atoms with Crippen LogP contribution in [0.3, 0.4) is 0 Å². The molecule has 0 aliphatic carbocycles. The average Bonchev–Trinajstić information content (AvgIpc) is 1.63. The van der Waals surface area contributed by atoms with Gasteiger partial charge in [-0.3, -0.25) is 0 Å². The van der Waals surface area contributed by atoms with E-state index in [2.05, 4.69) is 11.6 Å². The molecule has 0 aromatic rings. The molecule has 0 aliphatic rings. The van der Waals surface area contributed by atoms with Gasteiger partial charge in [-0.2, -0.15) is 0 Å². The maximum atomic E-state index is 10.6. The Balaban J connectivity index is 3.30. The average molecular weight is 150 g/mol. The second-order valence-corrected chi connectivity index (χ2v) is 4.07. The van der Waals surface area contributed by atoms with Gasteiger partial charge in [-0.25, -0.2) is 13.7 Å². The minimum absolute atomic E-state index is 0.690. The Labute approximate surface area is 57.0 Å². The first-order chi connectivity index (χ1) is 4.06. The maximum Gasteiger partial charge on any atom is 0.102 e. The van der Waals surface area contributed by atoms with Crippen LogP contribution in [0, 0.1) is 4.78 Å². The maximum absolute atomic E-state index is 10.6. The topological polar surface area (TPSA) is 53.0 Å². The number of hydrogen-bond acceptors (Lipinski definition) is 2. The highest BCUT2D eigenvalue weighted by molar-refractivity contribution is 7.89. The lowest BCUT2D eigenvalue weighted by atomic mass is 10.3. The summed E-state index contributed by atoms with van der Waals surface area (Å²) >= 11 is 0. The van der Waals surface area contributed by atoms with E-state index in [9.17, 15) is 4.21 Å². The first kappa shape index (κ1) is 8.91. The van der Waals surface area contributed by atoms with Gasteiger partial charge in [-0.1, -0.05) is 13.3 Å². The first-order valence-corrected chi connectivity index (χ1v) is 5.01. The summed E-state index contributed by atoms with van der Waals surface area (Å²) in [6.07, 6.45) is 3.45. The summed E-state index contributed by atoms with van der Waals surface area (Å²) in [4.78, 5) is 0. The Morgan fingerprint density at radius 2 is 2.22 bits per heavy atom. The molecular formula is C5H14N2OS. The molecule has 0 aromatic carbocycles. The Morgan fingerprint density at radius 1 is 1.67 bits per heavy atom. The molecule has 9 heavy (non-hydrogen) atoms. The van der Waals surface area contributed by atoms with E-state index in [4.69, 9.17) is 4.78 Å². The molecule has 1 atom stereocenters. The van der Waals surface area contributed by atoms with Crippen LogP contribution < -0.4 is 4.72 Å². The molecule has 0 saturated carbocycles. The van der Waals surface area contributed by atoms with Gasteiger partial charge in [0, 0.05) is 12.8 Å². The number of nitrogens with one attached hydrogen (secondary N) is 2. The molecule has 1 unspecified atom stereocenters. The van der Waals surface area contributed by atoms with E-state index >= 15 is 0 Å². The fourth-order valence-corrected chi connectivity index (χ4v) is 0.978. The van der Waals surface area contributed by atoms with Crippen LogP contribution in [0.25, 0.3) is 0 Å². The van der Waals surface area contributed by atoms with Crippen LogP contribution in [0.4, 0.5) is 0 Å². The SMILES string of the molecule is CCCCNS(C)(=N)=O. The number of hydrogen-bond donors (Lipinski definition) is 2. The summed E-state index contributed by atoms with van der Waals surface area (Å²) in [5.74, 6) is 0. The van der Waals surface area contributed by atoms with Crippen molar-refractivity contribution in [2.75, 3.05) is 12.8 Å². The molecule has 0 aromatic heterocycles. The third-order valence-electron chi connectivity index (χ3n) is 0.908. The summed E-state index contributed by atoms with van der Waals surface area (Å²) in [5, 5.41) is 0. The zero-order valence-corrected chi connectivity index (χ0v) is 6.75. The van der Waals surface area contributed by atoms with Crippen molar-refractivity contribution >= 4 is 9.92 Å². The fourth-order valence-electron chi connectivity index (χ4n) is 0.444. The molecule has 0 bridgehead atoms. The van der Waals surface area contributed by atoms with Gasteiger partial charge >= 0.3 is 0 Å². The highest BCUT2D eigenvalue weighted by Crippen LogP contribution is 1.84. The zero-order valence-electron chi connectivity index (χ0n) is 5.94. The zero-order chi connectivity index (χ0) is 7.33. The van der Waals surface area contributed by atoms with Crippen LogP contribution >= 0.6 is 0 Å². The molecule has 3 nitrogen and oxygen atoms in total. The Hall–Kier alpha value is -0.0900. The predicted octanol–water partition coefficient (Wildman–Crippen LogP) is 0.968. The largest absolute Gasteiger partial charge is 0.241 e. The summed E-state index contributed by atoms with van der Waals surface area (Å²) in [7, 11) is -2.45. The van der Waals surface area contributed by atoms with E-state index in [-0.39, 0.29) is 0 Å². The van der Waals surface area contributed by atoms with Crippen LogP contribution in [0.1, 0.15) is 19.8 Å². The van der Waals surface area contributed by atoms with Gasteiger partial charge in [0.05, 0.1) is 0 Å². The molecule has 0 rings (SSSR count). The lowest BCUT2D eigenvalue weighted by molar-refractivity contribution is 0.660. The van der Waals surface area contributed by atoms with Gasteiger partial charge in [-0.05, 0) is 6.42 Å². The summed E-state index contributed by atoms with van der Waals surface area (Å²) in [5.41, 5.74) is 0. The van der Waals surface area contributed by atoms with E-state index < -0.39 is 9.92 Å². The van der Waals surface area contributed by atoms with Crippen molar-refractivity contribution < 1.29 is 4.21 Å². The van der Waals surface area contributed by atoms with Crippen molar-refractivity contribution in [3.05, 3.63) is 0 Å². The molecule has 0 amide bonds. The van der Waals surface area contributed by atoms with Crippen LogP contribution in [0.5, 0.6) is 0 Å². The molecule has 0 radical (unpaired) electrons. The van der Waals surface area contributed by atoms with Crippen LogP contribution in [-0.2, 0) is 9.92 Å². The highest BCUT2D eigenvalue weighted by Gasteiger charge is 1.91. The van der Waals surface area contributed by atoms with Crippen molar-refractivity contribution in [1.29, 1.82) is 4.78 Å². The van der Waals surface area contributed by atoms with Gasteiger partial charge in [0.1, 0.15) is 9.92 Å². The summed E-state index contributed by atoms with van der Waals surface area (Å²) in [6, 6.07) is 0. The minimum Gasteiger partial charge on any atom is -0.241 e. The predicted molar refractivity (Wildman–Crippen MR) is 39.7 cm³/mol. The standard InChI is InChI=1S/C5H14N2OS/c1-3-4-5-7-9(2,6)8/h3-5H2,1-2H3,(H2,6,7,8). The van der Waals surface area contributed by atoms with Gasteiger partial charge in [0.2, 0.25) is 0 Å². The second-order valence-electron chi connectivity index (χ2n) is 2.09. The van der Waals surface area contributed by atoms with E-state index in [1.807, 2.05) is 0 Å². The highest BCUT2D eigenvalue weighted by atomic mass is 32.2. The molecule has 0 aliphatic heterocycles. The molecule has 56 valence electrons. The normalized spacial score (nSPS) is 17.1. The molecule has 0 spiro atoms. The fraction of sp³-hybridized carbons (Fsp3) is 1.00. The molecule has 2 N–H and O–H groups in total. The van der Waals surface area contributed by atoms with Crippen molar-refractivity contribution in [3.8, 4) is 0 Å². The third-order valence-corrected chi connectivity index (χ3v) is 1.66. The Morgan fingerprint density at radius 3 is 2.56 bits per heavy atom. The third kappa shape index (κ3) is 7.91. The second kappa shape index (κ2) is 3.85. The monoisotopic (exact) mass is 150 g/mol. The van der Waals surface area contributed by atoms with E-state index in [0.29, 0.717) is 6.54 Å². The van der Waals surface area contributed by atoms with Gasteiger partial charge in [-0.15, -0.1) is 0 Å². The summed E-state index contributed by atoms with van der Waals surface area (Å²) in [6.45, 7) is 2.75. The van der Waals surface area contributed by atoms with Crippen LogP contribution in [0.15, 0.2) is 0 Å². The van der Waals surface area contributed by atoms with Crippen molar-refractivity contribution in [2.45, 2.75) is 19.8 Å². The van der Waals surface area contributed by atoms with E-state index in [1.54, 1.807) is 0 Å². The lowest BCUT2D eigenvalue weighted by Crippen LogP contribution is -2.21. The van der Waals surface area contributed by atoms with Crippen LogP contribution in [0.2, 0.25) is 0 Å². The Kier molecular flexibility index (Phi) is 3.81. The van der Waals surface area contributed by atoms with Gasteiger partial charge < -0.3 is 0 Å². The quantitative estimate of drug-likeness (QED) is 0.576. The first-order valence-electron chi connectivity index (χ1n) is 3.04. The number of unbranched alkanes of at least 4 members (excludes halogenated alkanes) is 1. The number of rotatable bonds is 4.